The first-order valence-electron chi connectivity index (χ1n) is 11.7. The Labute approximate surface area is 214 Å². The summed E-state index contributed by atoms with van der Waals surface area (Å²) in [6, 6.07) is 20.5. The van der Waals surface area contributed by atoms with Crippen LogP contribution in [0.4, 0.5) is 4.39 Å². The molecule has 0 bridgehead atoms. The molecule has 2 amide bonds. The van der Waals surface area contributed by atoms with Gasteiger partial charge in [0.2, 0.25) is 5.91 Å². The number of carbonyl (C=O) groups is 2. The Bertz CT molecular complexity index is 1120. The van der Waals surface area contributed by atoms with Crippen molar-refractivity contribution in [2.45, 2.75) is 39.3 Å². The van der Waals surface area contributed by atoms with E-state index < -0.39 is 6.04 Å². The fourth-order valence-corrected chi connectivity index (χ4v) is 4.28. The second-order valence-electron chi connectivity index (χ2n) is 8.16. The number of nitrogens with one attached hydrogen (secondary N) is 1. The Morgan fingerprint density at radius 1 is 0.971 bits per heavy atom. The molecule has 1 atom stereocenters. The van der Waals surface area contributed by atoms with Crippen LogP contribution in [0.15, 0.2) is 77.3 Å². The third-order valence-corrected chi connectivity index (χ3v) is 6.26. The third-order valence-electron chi connectivity index (χ3n) is 5.64. The number of benzene rings is 3. The quantitative estimate of drug-likeness (QED) is 0.358. The first kappa shape index (κ1) is 26.4. The smallest absolute Gasteiger partial charge is 0.261 e. The summed E-state index contributed by atoms with van der Waals surface area (Å²) in [5.74, 6) is -0.400. The number of aryl methyl sites for hydroxylation is 1. The zero-order valence-corrected chi connectivity index (χ0v) is 21.6. The molecule has 184 valence electrons. The molecule has 0 aliphatic rings. The molecule has 3 aromatic rings. The number of ether oxygens (including phenoxy) is 1. The number of rotatable bonds is 11. The van der Waals surface area contributed by atoms with Crippen LogP contribution in [0, 0.1) is 5.82 Å². The van der Waals surface area contributed by atoms with Crippen LogP contribution in [0.25, 0.3) is 0 Å². The Kier molecular flexibility index (Phi) is 9.85. The lowest BCUT2D eigenvalue weighted by atomic mass is 10.0. The average molecular weight is 541 g/mol. The van der Waals surface area contributed by atoms with Gasteiger partial charge in [-0.2, -0.15) is 0 Å². The topological polar surface area (TPSA) is 58.6 Å². The van der Waals surface area contributed by atoms with Crippen molar-refractivity contribution in [1.82, 2.24) is 10.2 Å². The number of halogens is 2. The molecule has 1 unspecified atom stereocenters. The van der Waals surface area contributed by atoms with Gasteiger partial charge in [0.05, 0.1) is 4.47 Å². The van der Waals surface area contributed by atoms with Crippen LogP contribution in [-0.2, 0) is 29.0 Å². The molecule has 0 saturated heterocycles. The molecule has 0 saturated carbocycles. The van der Waals surface area contributed by atoms with E-state index in [-0.39, 0.29) is 30.8 Å². The number of likely N-dealkylation sites (N-methyl/N-ethyl adjacent to an activating group) is 1. The summed E-state index contributed by atoms with van der Waals surface area (Å²) in [6.45, 7) is 4.25. The fraction of sp³-hybridized carbons (Fsp3) is 0.286. The molecule has 0 aliphatic heterocycles. The normalized spacial score (nSPS) is 11.5. The molecular formula is C28H30BrFN2O3. The Morgan fingerprint density at radius 3 is 2.29 bits per heavy atom. The van der Waals surface area contributed by atoms with Gasteiger partial charge < -0.3 is 15.0 Å². The van der Waals surface area contributed by atoms with Crippen molar-refractivity contribution >= 4 is 27.7 Å². The molecule has 1 N–H and O–H groups in total. The second-order valence-corrected chi connectivity index (χ2v) is 9.01. The lowest BCUT2D eigenvalue weighted by Crippen LogP contribution is -2.51. The minimum absolute atomic E-state index is 0.146. The standard InChI is InChI=1S/C28H30BrFN2O3/c1-3-20-12-15-26(24(29)16-20)35-19-27(33)32(18-22-10-13-23(30)14-11-22)25(28(34)31-4-2)17-21-8-6-5-7-9-21/h5-16,25H,3-4,17-19H2,1-2H3,(H,31,34). The average Bonchev–Trinajstić information content (AvgIpc) is 2.87. The van der Waals surface area contributed by atoms with E-state index in [2.05, 4.69) is 28.2 Å². The van der Waals surface area contributed by atoms with Crippen LogP contribution >= 0.6 is 15.9 Å². The van der Waals surface area contributed by atoms with E-state index >= 15 is 0 Å². The predicted molar refractivity (Wildman–Crippen MR) is 139 cm³/mol. The van der Waals surface area contributed by atoms with E-state index in [9.17, 15) is 14.0 Å². The van der Waals surface area contributed by atoms with Crippen molar-refractivity contribution in [1.29, 1.82) is 0 Å². The number of hydrogen-bond donors (Lipinski definition) is 1. The summed E-state index contributed by atoms with van der Waals surface area (Å²) in [5.41, 5.74) is 2.79. The number of carbonyl (C=O) groups excluding carboxylic acids is 2. The molecule has 0 spiro atoms. The van der Waals surface area contributed by atoms with Crippen molar-refractivity contribution in [3.8, 4) is 5.75 Å². The molecule has 7 heteroatoms. The van der Waals surface area contributed by atoms with Crippen LogP contribution in [0.3, 0.4) is 0 Å². The Hall–Kier alpha value is -3.19. The van der Waals surface area contributed by atoms with Crippen LogP contribution in [0.5, 0.6) is 5.75 Å². The molecule has 35 heavy (non-hydrogen) atoms. The summed E-state index contributed by atoms with van der Waals surface area (Å²) in [7, 11) is 0. The van der Waals surface area contributed by atoms with E-state index in [1.807, 2.05) is 55.5 Å². The largest absolute Gasteiger partial charge is 0.483 e. The molecule has 0 aromatic heterocycles. The zero-order valence-electron chi connectivity index (χ0n) is 20.0. The van der Waals surface area contributed by atoms with Gasteiger partial charge in [-0.05, 0) is 70.2 Å². The van der Waals surface area contributed by atoms with Gasteiger partial charge in [-0.15, -0.1) is 0 Å². The van der Waals surface area contributed by atoms with E-state index in [1.165, 1.54) is 17.0 Å². The first-order chi connectivity index (χ1) is 16.9. The first-order valence-corrected chi connectivity index (χ1v) is 12.5. The van der Waals surface area contributed by atoms with Crippen molar-refractivity contribution in [2.24, 2.45) is 0 Å². The van der Waals surface area contributed by atoms with Gasteiger partial charge in [-0.1, -0.05) is 55.5 Å². The maximum atomic E-state index is 13.5. The SMILES string of the molecule is CCNC(=O)C(Cc1ccccc1)N(Cc1ccc(F)cc1)C(=O)COc1ccc(CC)cc1Br. The van der Waals surface area contributed by atoms with Gasteiger partial charge in [0.25, 0.3) is 5.91 Å². The summed E-state index contributed by atoms with van der Waals surface area (Å²) in [5, 5.41) is 2.85. The molecule has 0 fully saturated rings. The zero-order chi connectivity index (χ0) is 25.2. The summed E-state index contributed by atoms with van der Waals surface area (Å²) in [6.07, 6.45) is 1.23. The molecule has 3 rings (SSSR count). The lowest BCUT2D eigenvalue weighted by Gasteiger charge is -2.31. The van der Waals surface area contributed by atoms with Crippen molar-refractivity contribution in [3.05, 3.63) is 99.8 Å². The van der Waals surface area contributed by atoms with Gasteiger partial charge in [0.15, 0.2) is 6.61 Å². The Morgan fingerprint density at radius 2 is 1.66 bits per heavy atom. The van der Waals surface area contributed by atoms with Gasteiger partial charge in [0, 0.05) is 19.5 Å². The second kappa shape index (κ2) is 13.0. The van der Waals surface area contributed by atoms with Crippen molar-refractivity contribution in [2.75, 3.05) is 13.2 Å². The summed E-state index contributed by atoms with van der Waals surface area (Å²) in [4.78, 5) is 28.1. The number of nitrogens with zero attached hydrogens (tertiary/aromatic N) is 1. The molecular weight excluding hydrogens is 511 g/mol. The highest BCUT2D eigenvalue weighted by Crippen LogP contribution is 2.26. The lowest BCUT2D eigenvalue weighted by molar-refractivity contribution is -0.142. The maximum Gasteiger partial charge on any atom is 0.261 e. The third kappa shape index (κ3) is 7.65. The summed E-state index contributed by atoms with van der Waals surface area (Å²) >= 11 is 3.50. The molecule has 0 aliphatic carbocycles. The van der Waals surface area contributed by atoms with Gasteiger partial charge >= 0.3 is 0 Å². The maximum absolute atomic E-state index is 13.5. The highest BCUT2D eigenvalue weighted by molar-refractivity contribution is 9.10. The molecule has 0 heterocycles. The monoisotopic (exact) mass is 540 g/mol. The fourth-order valence-electron chi connectivity index (χ4n) is 3.74. The Balaban J connectivity index is 1.88. The number of hydrogen-bond acceptors (Lipinski definition) is 3. The highest BCUT2D eigenvalue weighted by atomic mass is 79.9. The van der Waals surface area contributed by atoms with Crippen LogP contribution < -0.4 is 10.1 Å². The van der Waals surface area contributed by atoms with E-state index in [0.29, 0.717) is 18.7 Å². The van der Waals surface area contributed by atoms with Crippen LogP contribution in [0.2, 0.25) is 0 Å². The highest BCUT2D eigenvalue weighted by Gasteiger charge is 2.30. The summed E-state index contributed by atoms with van der Waals surface area (Å²) < 4.78 is 20.1. The number of amides is 2. The van der Waals surface area contributed by atoms with E-state index in [4.69, 9.17) is 4.74 Å². The molecule has 5 nitrogen and oxygen atoms in total. The molecule has 3 aromatic carbocycles. The van der Waals surface area contributed by atoms with Gasteiger partial charge in [-0.3, -0.25) is 9.59 Å². The van der Waals surface area contributed by atoms with E-state index in [0.717, 1.165) is 27.6 Å². The minimum Gasteiger partial charge on any atom is -0.483 e. The molecule has 0 radical (unpaired) electrons. The van der Waals surface area contributed by atoms with Crippen molar-refractivity contribution in [3.63, 3.8) is 0 Å². The van der Waals surface area contributed by atoms with E-state index in [1.54, 1.807) is 12.1 Å². The minimum atomic E-state index is -0.760. The van der Waals surface area contributed by atoms with Crippen LogP contribution in [-0.4, -0.2) is 35.9 Å². The predicted octanol–water partition coefficient (Wildman–Crippen LogP) is 5.31. The van der Waals surface area contributed by atoms with Gasteiger partial charge in [-0.25, -0.2) is 4.39 Å². The van der Waals surface area contributed by atoms with Crippen molar-refractivity contribution < 1.29 is 18.7 Å². The van der Waals surface area contributed by atoms with Gasteiger partial charge in [0.1, 0.15) is 17.6 Å². The van der Waals surface area contributed by atoms with Crippen LogP contribution in [0.1, 0.15) is 30.5 Å².